The Morgan fingerprint density at radius 3 is 2.30 bits per heavy atom. The molecule has 0 aliphatic carbocycles. The number of carbonyl (C=O) groups excluding carboxylic acids is 2. The summed E-state index contributed by atoms with van der Waals surface area (Å²) in [5, 5.41) is 4.68. The summed E-state index contributed by atoms with van der Waals surface area (Å²) in [6.07, 6.45) is -4.25. The van der Waals surface area contributed by atoms with E-state index in [1.165, 1.54) is 31.2 Å². The van der Waals surface area contributed by atoms with Gasteiger partial charge in [0.25, 0.3) is 5.91 Å². The van der Waals surface area contributed by atoms with Gasteiger partial charge in [0.1, 0.15) is 0 Å². The van der Waals surface area contributed by atoms with Crippen molar-refractivity contribution in [1.82, 2.24) is 0 Å². The highest BCUT2D eigenvalue weighted by Gasteiger charge is 2.31. The summed E-state index contributed by atoms with van der Waals surface area (Å²) in [4.78, 5) is 23.9. The molecule has 0 saturated carbocycles. The number of carbonyl (C=O) groups is 2. The summed E-state index contributed by atoms with van der Waals surface area (Å²) in [5.41, 5.74) is -1.11. The first-order valence-corrected chi connectivity index (χ1v) is 10.5. The second-order valence-corrected chi connectivity index (χ2v) is 8.24. The van der Waals surface area contributed by atoms with Gasteiger partial charge in [-0.1, -0.05) is 13.0 Å². The molecule has 2 aromatic rings. The third-order valence-electron chi connectivity index (χ3n) is 3.78. The second-order valence-electron chi connectivity index (χ2n) is 6.40. The van der Waals surface area contributed by atoms with Crippen molar-refractivity contribution >= 4 is 38.9 Å². The Labute approximate surface area is 171 Å². The van der Waals surface area contributed by atoms with Crippen molar-refractivity contribution in [3.05, 3.63) is 53.6 Å². The summed E-state index contributed by atoms with van der Waals surface area (Å²) in [6, 6.07) is 8.03. The standard InChI is InChI=1S/C19H20F3N3O4S/c1-3-9-30(28,29)25-15-6-4-5-13(10-15)18(27)24-17-11-14(19(20,21)22)7-8-16(17)23-12(2)26/h4-8,10-11,25H,3,9H2,1-2H3,(H,23,26)(H,24,27). The van der Waals surface area contributed by atoms with E-state index in [1.807, 2.05) is 0 Å². The average Bonchev–Trinajstić information content (AvgIpc) is 2.61. The minimum atomic E-state index is -4.65. The van der Waals surface area contributed by atoms with Gasteiger partial charge in [-0.25, -0.2) is 8.42 Å². The fraction of sp³-hybridized carbons (Fsp3) is 0.263. The summed E-state index contributed by atoms with van der Waals surface area (Å²) >= 11 is 0. The van der Waals surface area contributed by atoms with Crippen LogP contribution in [0.25, 0.3) is 0 Å². The van der Waals surface area contributed by atoms with E-state index in [0.717, 1.165) is 12.1 Å². The maximum absolute atomic E-state index is 13.0. The highest BCUT2D eigenvalue weighted by molar-refractivity contribution is 7.92. The molecule has 0 aliphatic heterocycles. The first-order chi connectivity index (χ1) is 13.9. The Bertz CT molecular complexity index is 1050. The lowest BCUT2D eigenvalue weighted by Gasteiger charge is -2.15. The van der Waals surface area contributed by atoms with E-state index in [-0.39, 0.29) is 28.4 Å². The topological polar surface area (TPSA) is 104 Å². The van der Waals surface area contributed by atoms with Crippen LogP contribution in [0.5, 0.6) is 0 Å². The van der Waals surface area contributed by atoms with Gasteiger partial charge in [0.2, 0.25) is 15.9 Å². The summed E-state index contributed by atoms with van der Waals surface area (Å²) in [7, 11) is -3.58. The van der Waals surface area contributed by atoms with Crippen molar-refractivity contribution in [2.45, 2.75) is 26.4 Å². The van der Waals surface area contributed by atoms with Gasteiger partial charge in [0, 0.05) is 18.2 Å². The van der Waals surface area contributed by atoms with Gasteiger partial charge in [0.05, 0.1) is 22.7 Å². The Kier molecular flexibility index (Phi) is 7.08. The minimum Gasteiger partial charge on any atom is -0.325 e. The van der Waals surface area contributed by atoms with Gasteiger partial charge < -0.3 is 10.6 Å². The van der Waals surface area contributed by atoms with Crippen LogP contribution < -0.4 is 15.4 Å². The number of hydrogen-bond donors (Lipinski definition) is 3. The highest BCUT2D eigenvalue weighted by Crippen LogP contribution is 2.34. The molecule has 0 fully saturated rings. The summed E-state index contributed by atoms with van der Waals surface area (Å²) in [6.45, 7) is 2.87. The molecule has 0 aromatic heterocycles. The fourth-order valence-electron chi connectivity index (χ4n) is 2.54. The monoisotopic (exact) mass is 443 g/mol. The number of benzene rings is 2. The molecule has 11 heteroatoms. The lowest BCUT2D eigenvalue weighted by molar-refractivity contribution is -0.137. The maximum Gasteiger partial charge on any atom is 0.416 e. The average molecular weight is 443 g/mol. The van der Waals surface area contributed by atoms with Crippen LogP contribution in [-0.4, -0.2) is 26.0 Å². The van der Waals surface area contributed by atoms with Crippen molar-refractivity contribution in [2.24, 2.45) is 0 Å². The van der Waals surface area contributed by atoms with E-state index < -0.39 is 33.6 Å². The SMILES string of the molecule is CCCS(=O)(=O)Nc1cccc(C(=O)Nc2cc(C(F)(F)F)ccc2NC(C)=O)c1. The molecule has 0 bridgehead atoms. The molecule has 0 saturated heterocycles. The second kappa shape index (κ2) is 9.16. The number of anilines is 3. The van der Waals surface area contributed by atoms with Crippen molar-refractivity contribution in [3.8, 4) is 0 Å². The normalized spacial score (nSPS) is 11.6. The van der Waals surface area contributed by atoms with Crippen molar-refractivity contribution in [3.63, 3.8) is 0 Å². The number of halogens is 3. The molecule has 0 unspecified atom stereocenters. The smallest absolute Gasteiger partial charge is 0.325 e. The number of hydrogen-bond acceptors (Lipinski definition) is 4. The van der Waals surface area contributed by atoms with Gasteiger partial charge in [-0.2, -0.15) is 13.2 Å². The molecule has 2 aromatic carbocycles. The molecule has 3 N–H and O–H groups in total. The first-order valence-electron chi connectivity index (χ1n) is 8.82. The van der Waals surface area contributed by atoms with Crippen LogP contribution in [0.2, 0.25) is 0 Å². The minimum absolute atomic E-state index is 0.0105. The highest BCUT2D eigenvalue weighted by atomic mass is 32.2. The van der Waals surface area contributed by atoms with Crippen LogP contribution in [-0.2, 0) is 21.0 Å². The molecule has 0 atom stereocenters. The number of amides is 2. The largest absolute Gasteiger partial charge is 0.416 e. The van der Waals surface area contributed by atoms with Gasteiger partial charge in [-0.3, -0.25) is 14.3 Å². The van der Waals surface area contributed by atoms with E-state index in [2.05, 4.69) is 15.4 Å². The Morgan fingerprint density at radius 1 is 1.00 bits per heavy atom. The molecule has 2 rings (SSSR count). The fourth-order valence-corrected chi connectivity index (χ4v) is 3.67. The number of nitrogens with one attached hydrogen (secondary N) is 3. The zero-order valence-corrected chi connectivity index (χ0v) is 16.9. The third kappa shape index (κ3) is 6.48. The van der Waals surface area contributed by atoms with Gasteiger partial charge in [-0.15, -0.1) is 0 Å². The van der Waals surface area contributed by atoms with Gasteiger partial charge >= 0.3 is 6.18 Å². The zero-order valence-electron chi connectivity index (χ0n) is 16.1. The van der Waals surface area contributed by atoms with Crippen molar-refractivity contribution in [2.75, 3.05) is 21.1 Å². The Balaban J connectivity index is 2.32. The summed E-state index contributed by atoms with van der Waals surface area (Å²) in [5.74, 6) is -1.41. The number of sulfonamides is 1. The molecule has 0 radical (unpaired) electrons. The lowest BCUT2D eigenvalue weighted by Crippen LogP contribution is -2.18. The maximum atomic E-state index is 13.0. The third-order valence-corrected chi connectivity index (χ3v) is 5.27. The molecule has 0 heterocycles. The van der Waals surface area contributed by atoms with E-state index in [0.29, 0.717) is 12.5 Å². The molecule has 0 aliphatic rings. The van der Waals surface area contributed by atoms with Crippen LogP contribution in [0.4, 0.5) is 30.2 Å². The van der Waals surface area contributed by atoms with Crippen molar-refractivity contribution in [1.29, 1.82) is 0 Å². The molecule has 162 valence electrons. The molecular weight excluding hydrogens is 423 g/mol. The first kappa shape index (κ1) is 23.2. The zero-order chi connectivity index (χ0) is 22.5. The van der Waals surface area contributed by atoms with Crippen LogP contribution in [0.3, 0.4) is 0 Å². The predicted octanol–water partition coefficient (Wildman–Crippen LogP) is 4.07. The Hall–Kier alpha value is -3.08. The lowest BCUT2D eigenvalue weighted by atomic mass is 10.1. The van der Waals surface area contributed by atoms with Crippen LogP contribution in [0.15, 0.2) is 42.5 Å². The van der Waals surface area contributed by atoms with E-state index >= 15 is 0 Å². The molecule has 2 amide bonds. The summed E-state index contributed by atoms with van der Waals surface area (Å²) < 4.78 is 65.2. The Morgan fingerprint density at radius 2 is 1.70 bits per heavy atom. The van der Waals surface area contributed by atoms with Crippen molar-refractivity contribution < 1.29 is 31.2 Å². The molecule has 7 nitrogen and oxygen atoms in total. The molecule has 0 spiro atoms. The van der Waals surface area contributed by atoms with Gasteiger partial charge in [-0.05, 0) is 42.8 Å². The number of alkyl halides is 3. The van der Waals surface area contributed by atoms with Crippen LogP contribution in [0, 0.1) is 0 Å². The van der Waals surface area contributed by atoms with Gasteiger partial charge in [0.15, 0.2) is 0 Å². The van der Waals surface area contributed by atoms with E-state index in [1.54, 1.807) is 6.92 Å². The quantitative estimate of drug-likeness (QED) is 0.600. The van der Waals surface area contributed by atoms with E-state index in [9.17, 15) is 31.2 Å². The number of rotatable bonds is 7. The predicted molar refractivity (Wildman–Crippen MR) is 108 cm³/mol. The molecule has 30 heavy (non-hydrogen) atoms. The van der Waals surface area contributed by atoms with Crippen LogP contribution in [0.1, 0.15) is 36.2 Å². The van der Waals surface area contributed by atoms with Crippen LogP contribution >= 0.6 is 0 Å². The van der Waals surface area contributed by atoms with E-state index in [4.69, 9.17) is 0 Å². The molecular formula is C19H20F3N3O4S.